The smallest absolute Gasteiger partial charge is 0.0346 e. The van der Waals surface area contributed by atoms with Gasteiger partial charge in [0, 0.05) is 0 Å². The molecule has 0 N–H and O–H groups in total. The van der Waals surface area contributed by atoms with Crippen LogP contribution in [0.25, 0.3) is 0 Å². The van der Waals surface area contributed by atoms with Crippen LogP contribution in [0.2, 0.25) is 0 Å². The fourth-order valence-corrected chi connectivity index (χ4v) is 0.874. The van der Waals surface area contributed by atoms with Crippen LogP contribution in [0.15, 0.2) is 22.8 Å². The van der Waals surface area contributed by atoms with E-state index in [1.165, 1.54) is 23.1 Å². The second-order valence-corrected chi connectivity index (χ2v) is 3.16. The number of hydrogen-bond donors (Lipinski definition) is 0. The summed E-state index contributed by atoms with van der Waals surface area (Å²) in [5, 5.41) is 0. The molecule has 0 heterocycles. The SMILES string of the molecule is CC/C(C)=C\C(C)=C(\C)CC. The van der Waals surface area contributed by atoms with E-state index in [4.69, 9.17) is 0 Å². The molecule has 0 radical (unpaired) electrons. The van der Waals surface area contributed by atoms with E-state index in [9.17, 15) is 0 Å². The van der Waals surface area contributed by atoms with Crippen LogP contribution in [0.4, 0.5) is 0 Å². The molecule has 0 saturated heterocycles. The average Bonchev–Trinajstić information content (AvgIpc) is 2.02. The Morgan fingerprint density at radius 2 is 1.55 bits per heavy atom. The van der Waals surface area contributed by atoms with Gasteiger partial charge in [-0.1, -0.05) is 36.6 Å². The Labute approximate surface area is 71.0 Å². The molecule has 0 fully saturated rings. The Kier molecular flexibility index (Phi) is 4.93. The van der Waals surface area contributed by atoms with E-state index < -0.39 is 0 Å². The van der Waals surface area contributed by atoms with Gasteiger partial charge in [-0.3, -0.25) is 0 Å². The Bertz CT molecular complexity index is 170. The monoisotopic (exact) mass is 152 g/mol. The van der Waals surface area contributed by atoms with Crippen LogP contribution in [0.5, 0.6) is 0 Å². The van der Waals surface area contributed by atoms with Crippen molar-refractivity contribution in [3.05, 3.63) is 22.8 Å². The molecule has 0 bridgehead atoms. The predicted octanol–water partition coefficient (Wildman–Crippen LogP) is 4.09. The van der Waals surface area contributed by atoms with Crippen LogP contribution < -0.4 is 0 Å². The van der Waals surface area contributed by atoms with Crippen LogP contribution in [0.1, 0.15) is 47.5 Å². The van der Waals surface area contributed by atoms with E-state index in [1.807, 2.05) is 0 Å². The van der Waals surface area contributed by atoms with Gasteiger partial charge in [0.1, 0.15) is 0 Å². The lowest BCUT2D eigenvalue weighted by atomic mass is 10.1. The lowest BCUT2D eigenvalue weighted by Gasteiger charge is -2.01. The molecule has 0 aliphatic heterocycles. The highest BCUT2D eigenvalue weighted by Gasteiger charge is 1.91. The molecule has 0 saturated carbocycles. The highest BCUT2D eigenvalue weighted by atomic mass is 14.0. The van der Waals surface area contributed by atoms with Crippen molar-refractivity contribution in [3.63, 3.8) is 0 Å². The Hall–Kier alpha value is -0.520. The minimum atomic E-state index is 1.16. The standard InChI is InChI=1S/C11H20/c1-6-9(3)8-11(5)10(4)7-2/h8H,6-7H2,1-5H3/b9-8-,11-10-. The first-order chi connectivity index (χ1) is 5.11. The van der Waals surface area contributed by atoms with E-state index in [1.54, 1.807) is 0 Å². The molecule has 11 heavy (non-hydrogen) atoms. The zero-order valence-corrected chi connectivity index (χ0v) is 8.49. The minimum absolute atomic E-state index is 1.16. The van der Waals surface area contributed by atoms with Gasteiger partial charge in [-0.25, -0.2) is 0 Å². The van der Waals surface area contributed by atoms with Gasteiger partial charge in [-0.2, -0.15) is 0 Å². The normalized spacial score (nSPS) is 14.8. The van der Waals surface area contributed by atoms with Gasteiger partial charge >= 0.3 is 0 Å². The highest BCUT2D eigenvalue weighted by molar-refractivity contribution is 5.25. The van der Waals surface area contributed by atoms with Gasteiger partial charge in [0.05, 0.1) is 0 Å². The van der Waals surface area contributed by atoms with Crippen molar-refractivity contribution in [1.82, 2.24) is 0 Å². The Balaban J connectivity index is 4.37. The van der Waals surface area contributed by atoms with Crippen molar-refractivity contribution in [3.8, 4) is 0 Å². The minimum Gasteiger partial charge on any atom is -0.0733 e. The molecule has 0 aromatic rings. The third kappa shape index (κ3) is 4.02. The maximum absolute atomic E-state index is 2.29. The largest absolute Gasteiger partial charge is 0.0733 e. The molecule has 0 aromatic heterocycles. The zero-order chi connectivity index (χ0) is 8.85. The van der Waals surface area contributed by atoms with Crippen molar-refractivity contribution in [2.75, 3.05) is 0 Å². The van der Waals surface area contributed by atoms with Gasteiger partial charge in [0.25, 0.3) is 0 Å². The summed E-state index contributed by atoms with van der Waals surface area (Å²) in [4.78, 5) is 0. The van der Waals surface area contributed by atoms with Crippen LogP contribution in [-0.2, 0) is 0 Å². The fourth-order valence-electron chi connectivity index (χ4n) is 0.874. The second kappa shape index (κ2) is 5.17. The summed E-state index contributed by atoms with van der Waals surface area (Å²) in [6, 6.07) is 0. The molecule has 0 heteroatoms. The second-order valence-electron chi connectivity index (χ2n) is 3.16. The van der Waals surface area contributed by atoms with E-state index in [0.29, 0.717) is 0 Å². The average molecular weight is 152 g/mol. The van der Waals surface area contributed by atoms with E-state index >= 15 is 0 Å². The third-order valence-electron chi connectivity index (χ3n) is 2.22. The first-order valence-electron chi connectivity index (χ1n) is 4.45. The van der Waals surface area contributed by atoms with Gasteiger partial charge in [-0.15, -0.1) is 0 Å². The third-order valence-corrected chi connectivity index (χ3v) is 2.22. The van der Waals surface area contributed by atoms with Crippen molar-refractivity contribution in [2.45, 2.75) is 47.5 Å². The molecular formula is C11H20. The van der Waals surface area contributed by atoms with Gasteiger partial charge in [0.2, 0.25) is 0 Å². The summed E-state index contributed by atoms with van der Waals surface area (Å²) in [5.74, 6) is 0. The highest BCUT2D eigenvalue weighted by Crippen LogP contribution is 2.11. The number of allylic oxidation sites excluding steroid dienone is 4. The summed E-state index contributed by atoms with van der Waals surface area (Å²) in [6.07, 6.45) is 4.62. The Morgan fingerprint density at radius 1 is 1.00 bits per heavy atom. The summed E-state index contributed by atoms with van der Waals surface area (Å²) < 4.78 is 0. The quantitative estimate of drug-likeness (QED) is 0.534. The molecule has 0 aliphatic carbocycles. The molecule has 0 atom stereocenters. The maximum Gasteiger partial charge on any atom is -0.0346 e. The van der Waals surface area contributed by atoms with Crippen molar-refractivity contribution in [2.24, 2.45) is 0 Å². The van der Waals surface area contributed by atoms with Crippen LogP contribution in [0.3, 0.4) is 0 Å². The molecular weight excluding hydrogens is 132 g/mol. The first kappa shape index (κ1) is 10.5. The van der Waals surface area contributed by atoms with E-state index in [0.717, 1.165) is 6.42 Å². The maximum atomic E-state index is 2.29. The lowest BCUT2D eigenvalue weighted by Crippen LogP contribution is -1.80. The van der Waals surface area contributed by atoms with Gasteiger partial charge in [0.15, 0.2) is 0 Å². The number of rotatable bonds is 3. The summed E-state index contributed by atoms with van der Waals surface area (Å²) in [6.45, 7) is 11.0. The van der Waals surface area contributed by atoms with Crippen LogP contribution in [0, 0.1) is 0 Å². The van der Waals surface area contributed by atoms with Crippen LogP contribution in [-0.4, -0.2) is 0 Å². The fraction of sp³-hybridized carbons (Fsp3) is 0.636. The molecule has 0 amide bonds. The molecule has 0 unspecified atom stereocenters. The predicted molar refractivity (Wildman–Crippen MR) is 52.7 cm³/mol. The Morgan fingerprint density at radius 3 is 1.91 bits per heavy atom. The number of hydrogen-bond acceptors (Lipinski definition) is 0. The molecule has 0 rings (SSSR count). The molecule has 0 nitrogen and oxygen atoms in total. The molecule has 64 valence electrons. The lowest BCUT2D eigenvalue weighted by molar-refractivity contribution is 1.05. The van der Waals surface area contributed by atoms with E-state index in [-0.39, 0.29) is 0 Å². The van der Waals surface area contributed by atoms with Crippen molar-refractivity contribution < 1.29 is 0 Å². The summed E-state index contributed by atoms with van der Waals surface area (Å²) >= 11 is 0. The van der Waals surface area contributed by atoms with Crippen molar-refractivity contribution in [1.29, 1.82) is 0 Å². The zero-order valence-electron chi connectivity index (χ0n) is 8.49. The summed E-state index contributed by atoms with van der Waals surface area (Å²) in [7, 11) is 0. The van der Waals surface area contributed by atoms with Gasteiger partial charge < -0.3 is 0 Å². The molecule has 0 aromatic carbocycles. The summed E-state index contributed by atoms with van der Waals surface area (Å²) in [5.41, 5.74) is 4.40. The topological polar surface area (TPSA) is 0 Å². The van der Waals surface area contributed by atoms with Gasteiger partial charge in [-0.05, 0) is 33.6 Å². The molecule has 0 spiro atoms. The van der Waals surface area contributed by atoms with Crippen LogP contribution >= 0.6 is 0 Å². The van der Waals surface area contributed by atoms with E-state index in [2.05, 4.69) is 40.7 Å². The first-order valence-corrected chi connectivity index (χ1v) is 4.45. The van der Waals surface area contributed by atoms with Crippen molar-refractivity contribution >= 4 is 0 Å². The molecule has 0 aliphatic rings.